The summed E-state index contributed by atoms with van der Waals surface area (Å²) in [4.78, 5) is 0.0107. The van der Waals surface area contributed by atoms with E-state index in [0.29, 0.717) is 0 Å². The van der Waals surface area contributed by atoms with Crippen LogP contribution in [0.5, 0.6) is 17.2 Å². The largest absolute Gasteiger partial charge is 0.573 e. The molecule has 0 saturated heterocycles. The van der Waals surface area contributed by atoms with Gasteiger partial charge in [-0.3, -0.25) is 0 Å². The lowest BCUT2D eigenvalue weighted by Crippen LogP contribution is -2.17. The first-order valence-electron chi connectivity index (χ1n) is 6.18. The molecule has 2 rings (SSSR count). The van der Waals surface area contributed by atoms with E-state index < -0.39 is 21.9 Å². The summed E-state index contributed by atoms with van der Waals surface area (Å²) in [5, 5.41) is 0. The van der Waals surface area contributed by atoms with Gasteiger partial charge in [0.2, 0.25) is 0 Å². The first kappa shape index (κ1) is 16.9. The number of benzene rings is 2. The zero-order valence-electron chi connectivity index (χ0n) is 11.8. The highest BCUT2D eigenvalue weighted by atomic mass is 32.2. The Labute approximate surface area is 130 Å². The second-order valence-corrected chi connectivity index (χ2v) is 6.61. The van der Waals surface area contributed by atoms with E-state index in [-0.39, 0.29) is 22.1 Å². The molecule has 124 valence electrons. The Bertz CT molecular complexity index is 819. The third kappa shape index (κ3) is 4.78. The lowest BCUT2D eigenvalue weighted by molar-refractivity contribution is -0.274. The van der Waals surface area contributed by atoms with Crippen LogP contribution in [0.4, 0.5) is 18.9 Å². The number of ether oxygens (including phenoxy) is 2. The van der Waals surface area contributed by atoms with Crippen molar-refractivity contribution < 1.29 is 31.1 Å². The normalized spacial score (nSPS) is 12.0. The molecule has 0 fully saturated rings. The molecule has 9 heteroatoms. The maximum Gasteiger partial charge on any atom is 0.573 e. The van der Waals surface area contributed by atoms with Crippen LogP contribution in [-0.4, -0.2) is 21.0 Å². The molecule has 0 aliphatic heterocycles. The standard InChI is InChI=1S/C14H12F3NO4S/c1-23(19,20)11-5-6-13(12(18)8-11)21-9-3-2-4-10(7-9)22-14(15,16)17/h2-8H,18H2,1H3. The smallest absolute Gasteiger partial charge is 0.455 e. The number of rotatable bonds is 4. The van der Waals surface area contributed by atoms with Gasteiger partial charge < -0.3 is 15.2 Å². The molecule has 2 aromatic rings. The van der Waals surface area contributed by atoms with Gasteiger partial charge in [-0.1, -0.05) is 6.07 Å². The molecule has 0 aliphatic carbocycles. The van der Waals surface area contributed by atoms with Gasteiger partial charge in [-0.05, 0) is 30.3 Å². The summed E-state index contributed by atoms with van der Waals surface area (Å²) in [5.41, 5.74) is 5.74. The van der Waals surface area contributed by atoms with E-state index in [1.807, 2.05) is 0 Å². The van der Waals surface area contributed by atoms with E-state index in [4.69, 9.17) is 10.5 Å². The summed E-state index contributed by atoms with van der Waals surface area (Å²) in [5.74, 6) is -0.270. The van der Waals surface area contributed by atoms with Gasteiger partial charge in [-0.15, -0.1) is 13.2 Å². The topological polar surface area (TPSA) is 78.6 Å². The summed E-state index contributed by atoms with van der Waals surface area (Å²) in [7, 11) is -3.42. The number of hydrogen-bond donors (Lipinski definition) is 1. The van der Waals surface area contributed by atoms with E-state index in [2.05, 4.69) is 4.74 Å². The van der Waals surface area contributed by atoms with Crippen LogP contribution in [-0.2, 0) is 9.84 Å². The van der Waals surface area contributed by atoms with Crippen LogP contribution in [0.1, 0.15) is 0 Å². The van der Waals surface area contributed by atoms with Gasteiger partial charge in [0, 0.05) is 12.3 Å². The molecule has 0 spiro atoms. The van der Waals surface area contributed by atoms with Crippen molar-refractivity contribution in [2.45, 2.75) is 11.3 Å². The highest BCUT2D eigenvalue weighted by Crippen LogP contribution is 2.32. The Kier molecular flexibility index (Phi) is 4.42. The number of nitrogen functional groups attached to an aromatic ring is 1. The quantitative estimate of drug-likeness (QED) is 0.858. The van der Waals surface area contributed by atoms with Crippen LogP contribution in [0.3, 0.4) is 0 Å². The summed E-state index contributed by atoms with van der Waals surface area (Å²) in [6.07, 6.45) is -3.78. The Morgan fingerprint density at radius 1 is 1.04 bits per heavy atom. The zero-order chi connectivity index (χ0) is 17.3. The number of anilines is 1. The average molecular weight is 347 g/mol. The fraction of sp³-hybridized carbons (Fsp3) is 0.143. The van der Waals surface area contributed by atoms with E-state index in [1.165, 1.54) is 30.3 Å². The first-order chi connectivity index (χ1) is 10.5. The van der Waals surface area contributed by atoms with Crippen molar-refractivity contribution in [2.24, 2.45) is 0 Å². The van der Waals surface area contributed by atoms with Crippen molar-refractivity contribution in [2.75, 3.05) is 12.0 Å². The molecule has 5 nitrogen and oxygen atoms in total. The fourth-order valence-corrected chi connectivity index (χ4v) is 2.37. The molecule has 0 heterocycles. The lowest BCUT2D eigenvalue weighted by atomic mass is 10.3. The van der Waals surface area contributed by atoms with Crippen molar-refractivity contribution in [3.63, 3.8) is 0 Å². The molecule has 0 aromatic heterocycles. The predicted octanol–water partition coefficient (Wildman–Crippen LogP) is 3.36. The molecule has 0 atom stereocenters. The van der Waals surface area contributed by atoms with Crippen LogP contribution in [0.2, 0.25) is 0 Å². The number of sulfone groups is 1. The van der Waals surface area contributed by atoms with Gasteiger partial charge in [0.1, 0.15) is 17.2 Å². The highest BCUT2D eigenvalue weighted by molar-refractivity contribution is 7.90. The number of alkyl halides is 3. The fourth-order valence-electron chi connectivity index (χ4n) is 1.71. The molecule has 0 amide bonds. The molecular weight excluding hydrogens is 335 g/mol. The minimum Gasteiger partial charge on any atom is -0.455 e. The SMILES string of the molecule is CS(=O)(=O)c1ccc(Oc2cccc(OC(F)(F)F)c2)c(N)c1. The van der Waals surface area contributed by atoms with Crippen molar-refractivity contribution in [3.8, 4) is 17.2 Å². The maximum absolute atomic E-state index is 12.2. The van der Waals surface area contributed by atoms with Crippen LogP contribution in [0.25, 0.3) is 0 Å². The molecule has 23 heavy (non-hydrogen) atoms. The van der Waals surface area contributed by atoms with Crippen LogP contribution in [0.15, 0.2) is 47.4 Å². The van der Waals surface area contributed by atoms with Crippen LogP contribution >= 0.6 is 0 Å². The van der Waals surface area contributed by atoms with E-state index in [9.17, 15) is 21.6 Å². The van der Waals surface area contributed by atoms with Crippen molar-refractivity contribution in [3.05, 3.63) is 42.5 Å². The molecule has 0 bridgehead atoms. The predicted molar refractivity (Wildman–Crippen MR) is 77.2 cm³/mol. The van der Waals surface area contributed by atoms with E-state index in [1.54, 1.807) is 0 Å². The first-order valence-corrected chi connectivity index (χ1v) is 8.07. The summed E-state index contributed by atoms with van der Waals surface area (Å²) in [6, 6.07) is 8.71. The molecule has 0 radical (unpaired) electrons. The third-order valence-corrected chi connectivity index (χ3v) is 3.79. The lowest BCUT2D eigenvalue weighted by Gasteiger charge is -2.12. The van der Waals surface area contributed by atoms with Gasteiger partial charge in [0.15, 0.2) is 9.84 Å². The van der Waals surface area contributed by atoms with Crippen LogP contribution in [0, 0.1) is 0 Å². The minimum atomic E-state index is -4.81. The third-order valence-electron chi connectivity index (χ3n) is 2.68. The van der Waals surface area contributed by atoms with Gasteiger partial charge >= 0.3 is 6.36 Å². The van der Waals surface area contributed by atoms with Crippen molar-refractivity contribution in [1.29, 1.82) is 0 Å². The van der Waals surface area contributed by atoms with Gasteiger partial charge in [-0.2, -0.15) is 0 Å². The number of halogens is 3. The number of hydrogen-bond acceptors (Lipinski definition) is 5. The number of nitrogens with two attached hydrogens (primary N) is 1. The van der Waals surface area contributed by atoms with Crippen LogP contribution < -0.4 is 15.2 Å². The molecular formula is C14H12F3NO4S. The van der Waals surface area contributed by atoms with Crippen molar-refractivity contribution in [1.82, 2.24) is 0 Å². The maximum atomic E-state index is 12.2. The Morgan fingerprint density at radius 3 is 2.26 bits per heavy atom. The zero-order valence-corrected chi connectivity index (χ0v) is 12.6. The van der Waals surface area contributed by atoms with Gasteiger partial charge in [0.05, 0.1) is 10.6 Å². The Morgan fingerprint density at radius 2 is 1.70 bits per heavy atom. The van der Waals surface area contributed by atoms with Gasteiger partial charge in [-0.25, -0.2) is 8.42 Å². The molecule has 2 N–H and O–H groups in total. The minimum absolute atomic E-state index is 0.0107. The highest BCUT2D eigenvalue weighted by Gasteiger charge is 2.31. The Balaban J connectivity index is 2.24. The summed E-state index contributed by atoms with van der Waals surface area (Å²) >= 11 is 0. The summed E-state index contributed by atoms with van der Waals surface area (Å²) < 4.78 is 68.5. The van der Waals surface area contributed by atoms with Gasteiger partial charge in [0.25, 0.3) is 0 Å². The van der Waals surface area contributed by atoms with Crippen molar-refractivity contribution >= 4 is 15.5 Å². The second-order valence-electron chi connectivity index (χ2n) is 4.60. The monoisotopic (exact) mass is 347 g/mol. The summed E-state index contributed by atoms with van der Waals surface area (Å²) in [6.45, 7) is 0. The molecule has 0 unspecified atom stereocenters. The Hall–Kier alpha value is -2.42. The molecule has 0 saturated carbocycles. The molecule has 2 aromatic carbocycles. The van der Waals surface area contributed by atoms with E-state index >= 15 is 0 Å². The molecule has 0 aliphatic rings. The second kappa shape index (κ2) is 5.99. The van der Waals surface area contributed by atoms with E-state index in [0.717, 1.165) is 18.4 Å². The average Bonchev–Trinajstić information content (AvgIpc) is 2.38.